The van der Waals surface area contributed by atoms with Crippen LogP contribution in [-0.2, 0) is 10.8 Å². The predicted octanol–water partition coefficient (Wildman–Crippen LogP) is 13.5. The first-order valence-corrected chi connectivity index (χ1v) is 18.3. The fourth-order valence-electron chi connectivity index (χ4n) is 9.30. The minimum absolute atomic E-state index is 0.00945. The summed E-state index contributed by atoms with van der Waals surface area (Å²) >= 11 is 0. The second kappa shape index (κ2) is 11.3. The maximum Gasteiger partial charge on any atom is 0.0465 e. The first-order chi connectivity index (χ1) is 23.8. The number of para-hydroxylation sites is 1. The van der Waals surface area contributed by atoms with E-state index < -0.39 is 0 Å². The number of hydrogen-bond acceptors (Lipinski definition) is 1. The fourth-order valence-corrected chi connectivity index (χ4v) is 9.30. The Bertz CT molecular complexity index is 2200. The normalized spacial score (nSPS) is 16.8. The number of rotatable bonds is 5. The van der Waals surface area contributed by atoms with Crippen LogP contribution in [0.25, 0.3) is 33.4 Å². The van der Waals surface area contributed by atoms with Gasteiger partial charge in [0.1, 0.15) is 0 Å². The molecule has 49 heavy (non-hydrogen) atoms. The van der Waals surface area contributed by atoms with Crippen LogP contribution in [0.1, 0.15) is 93.5 Å². The molecule has 6 aromatic rings. The molecule has 0 saturated heterocycles. The Morgan fingerprint density at radius 3 is 1.76 bits per heavy atom. The van der Waals surface area contributed by atoms with Gasteiger partial charge in [0.05, 0.1) is 0 Å². The summed E-state index contributed by atoms with van der Waals surface area (Å²) in [5.41, 5.74) is 18.6. The molecule has 0 heterocycles. The molecule has 1 fully saturated rings. The minimum atomic E-state index is -0.103. The van der Waals surface area contributed by atoms with Crippen molar-refractivity contribution in [2.45, 2.75) is 76.5 Å². The Morgan fingerprint density at radius 2 is 0.980 bits per heavy atom. The lowest BCUT2D eigenvalue weighted by molar-refractivity contribution is 0.443. The lowest BCUT2D eigenvalue weighted by atomic mass is 9.81. The van der Waals surface area contributed by atoms with Gasteiger partial charge < -0.3 is 4.90 Å². The highest BCUT2D eigenvalue weighted by Gasteiger charge is 2.37. The zero-order chi connectivity index (χ0) is 33.3. The monoisotopic (exact) mass is 635 g/mol. The van der Waals surface area contributed by atoms with Crippen molar-refractivity contribution in [1.29, 1.82) is 0 Å². The van der Waals surface area contributed by atoms with E-state index in [1.807, 2.05) is 0 Å². The van der Waals surface area contributed by atoms with Gasteiger partial charge in [-0.1, -0.05) is 132 Å². The van der Waals surface area contributed by atoms with Crippen LogP contribution in [0.15, 0.2) is 133 Å². The Kier molecular flexibility index (Phi) is 6.99. The van der Waals surface area contributed by atoms with Crippen molar-refractivity contribution in [2.75, 3.05) is 4.90 Å². The third-order valence-corrected chi connectivity index (χ3v) is 12.1. The molecule has 0 spiro atoms. The lowest BCUT2D eigenvalue weighted by Crippen LogP contribution is -2.16. The van der Waals surface area contributed by atoms with Crippen molar-refractivity contribution in [3.05, 3.63) is 161 Å². The van der Waals surface area contributed by atoms with Crippen LogP contribution in [0.2, 0.25) is 0 Å². The summed E-state index contributed by atoms with van der Waals surface area (Å²) in [5, 5.41) is 0. The van der Waals surface area contributed by atoms with Crippen molar-refractivity contribution in [3.8, 4) is 33.4 Å². The van der Waals surface area contributed by atoms with Crippen molar-refractivity contribution < 1.29 is 0 Å². The zero-order valence-corrected chi connectivity index (χ0v) is 29.3. The number of hydrogen-bond donors (Lipinski definition) is 0. The molecular formula is C48H45N. The SMILES string of the molecule is CC1(C)c2ccccc2-c2ccc(-c3ccc4c(c3)-c3ccc(N(c5ccccc5)c5ccc(C6CCCCC6)cc5)cc3C4(C)C)cc21. The van der Waals surface area contributed by atoms with E-state index in [1.54, 1.807) is 0 Å². The first-order valence-electron chi connectivity index (χ1n) is 18.3. The van der Waals surface area contributed by atoms with Crippen LogP contribution in [0.4, 0.5) is 17.1 Å². The average molecular weight is 636 g/mol. The van der Waals surface area contributed by atoms with E-state index in [0.717, 1.165) is 0 Å². The van der Waals surface area contributed by atoms with Gasteiger partial charge in [-0.3, -0.25) is 0 Å². The Morgan fingerprint density at radius 1 is 0.429 bits per heavy atom. The van der Waals surface area contributed by atoms with Gasteiger partial charge in [0, 0.05) is 27.9 Å². The fraction of sp³-hybridized carbons (Fsp3) is 0.250. The molecule has 0 aliphatic heterocycles. The summed E-state index contributed by atoms with van der Waals surface area (Å²) in [7, 11) is 0. The molecule has 6 aromatic carbocycles. The second-order valence-electron chi connectivity index (χ2n) is 15.6. The maximum absolute atomic E-state index is 2.45. The molecule has 3 aliphatic rings. The van der Waals surface area contributed by atoms with Crippen LogP contribution >= 0.6 is 0 Å². The topological polar surface area (TPSA) is 3.24 Å². The highest BCUT2D eigenvalue weighted by Crippen LogP contribution is 2.53. The van der Waals surface area contributed by atoms with E-state index in [0.29, 0.717) is 5.92 Å². The van der Waals surface area contributed by atoms with E-state index in [1.165, 1.54) is 110 Å². The van der Waals surface area contributed by atoms with Crippen LogP contribution in [0, 0.1) is 0 Å². The van der Waals surface area contributed by atoms with Gasteiger partial charge in [-0.2, -0.15) is 0 Å². The molecule has 0 amide bonds. The summed E-state index contributed by atoms with van der Waals surface area (Å²) in [6, 6.07) is 50.6. The second-order valence-corrected chi connectivity index (χ2v) is 15.6. The van der Waals surface area contributed by atoms with Gasteiger partial charge in [0.15, 0.2) is 0 Å². The smallest absolute Gasteiger partial charge is 0.0465 e. The van der Waals surface area contributed by atoms with Gasteiger partial charge in [0.2, 0.25) is 0 Å². The quantitative estimate of drug-likeness (QED) is 0.182. The molecule has 242 valence electrons. The molecule has 1 heteroatoms. The number of benzene rings is 6. The molecule has 0 unspecified atom stereocenters. The van der Waals surface area contributed by atoms with Crippen LogP contribution in [0.3, 0.4) is 0 Å². The molecule has 0 N–H and O–H groups in total. The summed E-state index contributed by atoms with van der Waals surface area (Å²) in [6.45, 7) is 9.51. The van der Waals surface area contributed by atoms with Crippen LogP contribution < -0.4 is 4.90 Å². The molecule has 3 aliphatic carbocycles. The van der Waals surface area contributed by atoms with E-state index in [9.17, 15) is 0 Å². The Hall–Kier alpha value is -4.88. The molecule has 0 radical (unpaired) electrons. The zero-order valence-electron chi connectivity index (χ0n) is 29.3. The van der Waals surface area contributed by atoms with Gasteiger partial charge >= 0.3 is 0 Å². The summed E-state index contributed by atoms with van der Waals surface area (Å²) in [6.07, 6.45) is 6.75. The van der Waals surface area contributed by atoms with Gasteiger partial charge in [0.25, 0.3) is 0 Å². The van der Waals surface area contributed by atoms with E-state index in [2.05, 4.69) is 166 Å². The summed E-state index contributed by atoms with van der Waals surface area (Å²) < 4.78 is 0. The molecule has 1 nitrogen and oxygen atoms in total. The summed E-state index contributed by atoms with van der Waals surface area (Å²) in [4.78, 5) is 2.43. The van der Waals surface area contributed by atoms with Crippen molar-refractivity contribution in [2.24, 2.45) is 0 Å². The highest BCUT2D eigenvalue weighted by molar-refractivity contribution is 5.89. The standard InChI is InChI=1S/C48H45N/c1-47(2)43-18-12-11-17-39(43)40-26-21-35(30-45(40)47)34-22-28-44-42(29-34)41-27-25-38(31-46(41)48(44,3)4)49(36-15-9-6-10-16-36)37-23-19-33(20-24-37)32-13-7-5-8-14-32/h6,9-12,15-32H,5,7-8,13-14H2,1-4H3. The Labute approximate surface area is 292 Å². The maximum atomic E-state index is 2.45. The summed E-state index contributed by atoms with van der Waals surface area (Å²) in [5.74, 6) is 0.705. The number of fused-ring (bicyclic) bond motifs is 6. The van der Waals surface area contributed by atoms with Crippen molar-refractivity contribution in [1.82, 2.24) is 0 Å². The van der Waals surface area contributed by atoms with Crippen LogP contribution in [-0.4, -0.2) is 0 Å². The van der Waals surface area contributed by atoms with Gasteiger partial charge in [-0.05, 0) is 128 Å². The molecular weight excluding hydrogens is 591 g/mol. The molecule has 0 atom stereocenters. The first kappa shape index (κ1) is 30.2. The minimum Gasteiger partial charge on any atom is -0.310 e. The number of anilines is 3. The molecule has 9 rings (SSSR count). The van der Waals surface area contributed by atoms with Gasteiger partial charge in [-0.15, -0.1) is 0 Å². The highest BCUT2D eigenvalue weighted by atomic mass is 15.1. The molecule has 0 bridgehead atoms. The third-order valence-electron chi connectivity index (χ3n) is 12.1. The third kappa shape index (κ3) is 4.81. The predicted molar refractivity (Wildman–Crippen MR) is 208 cm³/mol. The lowest BCUT2D eigenvalue weighted by Gasteiger charge is -2.29. The van der Waals surface area contributed by atoms with E-state index in [4.69, 9.17) is 0 Å². The molecule has 0 aromatic heterocycles. The van der Waals surface area contributed by atoms with E-state index >= 15 is 0 Å². The van der Waals surface area contributed by atoms with Gasteiger partial charge in [-0.25, -0.2) is 0 Å². The average Bonchev–Trinajstić information content (AvgIpc) is 3.51. The van der Waals surface area contributed by atoms with E-state index in [-0.39, 0.29) is 10.8 Å². The number of nitrogens with zero attached hydrogens (tertiary/aromatic N) is 1. The van der Waals surface area contributed by atoms with Crippen molar-refractivity contribution >= 4 is 17.1 Å². The van der Waals surface area contributed by atoms with Crippen molar-refractivity contribution in [3.63, 3.8) is 0 Å². The molecule has 1 saturated carbocycles. The Balaban J connectivity index is 1.10. The van der Waals surface area contributed by atoms with Crippen LogP contribution in [0.5, 0.6) is 0 Å². The largest absolute Gasteiger partial charge is 0.310 e.